The number of carbonyl (C=O) groups excluding carboxylic acids is 1. The highest BCUT2D eigenvalue weighted by atomic mass is 16.6. The van der Waals surface area contributed by atoms with Gasteiger partial charge in [0.1, 0.15) is 0 Å². The van der Waals surface area contributed by atoms with E-state index in [1.165, 1.54) is 12.1 Å². The Labute approximate surface area is 104 Å². The molecular formula is C12H15N3O3. The van der Waals surface area contributed by atoms with E-state index in [1.807, 2.05) is 0 Å². The second-order valence-corrected chi connectivity index (χ2v) is 4.60. The van der Waals surface area contributed by atoms with E-state index < -0.39 is 4.92 Å². The van der Waals surface area contributed by atoms with Crippen LogP contribution < -0.4 is 11.1 Å². The lowest BCUT2D eigenvalue weighted by atomic mass is 9.87. The molecule has 1 fully saturated rings. The molecule has 0 spiro atoms. The van der Waals surface area contributed by atoms with Gasteiger partial charge >= 0.3 is 0 Å². The predicted molar refractivity (Wildman–Crippen MR) is 65.9 cm³/mol. The molecular weight excluding hydrogens is 234 g/mol. The van der Waals surface area contributed by atoms with Crippen LogP contribution in [0.1, 0.15) is 18.4 Å². The second kappa shape index (κ2) is 5.14. The summed E-state index contributed by atoms with van der Waals surface area (Å²) in [4.78, 5) is 21.7. The van der Waals surface area contributed by atoms with Gasteiger partial charge in [-0.05, 0) is 18.4 Å². The minimum absolute atomic E-state index is 0.0316. The van der Waals surface area contributed by atoms with E-state index in [0.29, 0.717) is 0 Å². The zero-order chi connectivity index (χ0) is 13.1. The lowest BCUT2D eigenvalue weighted by molar-refractivity contribution is -0.384. The Balaban J connectivity index is 1.85. The Morgan fingerprint density at radius 1 is 1.39 bits per heavy atom. The molecule has 0 aromatic heterocycles. The first-order chi connectivity index (χ1) is 8.54. The highest BCUT2D eigenvalue weighted by Gasteiger charge is 2.26. The third-order valence-corrected chi connectivity index (χ3v) is 3.05. The summed E-state index contributed by atoms with van der Waals surface area (Å²) in [6.07, 6.45) is 1.89. The molecule has 0 bridgehead atoms. The number of non-ortho nitro benzene ring substituents is 1. The van der Waals surface area contributed by atoms with Crippen LogP contribution in [0.4, 0.5) is 5.69 Å². The molecule has 1 aromatic carbocycles. The molecule has 0 heterocycles. The first kappa shape index (κ1) is 12.5. The molecule has 3 N–H and O–H groups in total. The fourth-order valence-corrected chi connectivity index (χ4v) is 1.98. The van der Waals surface area contributed by atoms with Crippen molar-refractivity contribution in [3.63, 3.8) is 0 Å². The fourth-order valence-electron chi connectivity index (χ4n) is 1.98. The third-order valence-electron chi connectivity index (χ3n) is 3.05. The summed E-state index contributed by atoms with van der Waals surface area (Å²) in [5, 5.41) is 13.4. The smallest absolute Gasteiger partial charge is 0.269 e. The van der Waals surface area contributed by atoms with E-state index in [-0.39, 0.29) is 30.1 Å². The SMILES string of the molecule is NC1CC(NC(=O)Cc2ccc([N+](=O)[O-])cc2)C1. The van der Waals surface area contributed by atoms with Crippen molar-refractivity contribution >= 4 is 11.6 Å². The van der Waals surface area contributed by atoms with Crippen LogP contribution >= 0.6 is 0 Å². The van der Waals surface area contributed by atoms with Gasteiger partial charge in [-0.3, -0.25) is 14.9 Å². The second-order valence-electron chi connectivity index (χ2n) is 4.60. The van der Waals surface area contributed by atoms with Gasteiger partial charge in [0, 0.05) is 24.2 Å². The highest BCUT2D eigenvalue weighted by Crippen LogP contribution is 2.17. The van der Waals surface area contributed by atoms with Crippen LogP contribution in [-0.2, 0) is 11.2 Å². The van der Waals surface area contributed by atoms with E-state index in [0.717, 1.165) is 18.4 Å². The molecule has 1 aliphatic carbocycles. The Hall–Kier alpha value is -1.95. The molecule has 0 atom stereocenters. The molecule has 96 valence electrons. The van der Waals surface area contributed by atoms with Crippen LogP contribution in [-0.4, -0.2) is 22.9 Å². The topological polar surface area (TPSA) is 98.3 Å². The summed E-state index contributed by atoms with van der Waals surface area (Å²) < 4.78 is 0. The zero-order valence-electron chi connectivity index (χ0n) is 9.83. The number of benzene rings is 1. The number of hydrogen-bond donors (Lipinski definition) is 2. The molecule has 1 saturated carbocycles. The number of nitrogens with two attached hydrogens (primary N) is 1. The van der Waals surface area contributed by atoms with Crippen LogP contribution in [0.3, 0.4) is 0 Å². The van der Waals surface area contributed by atoms with E-state index in [2.05, 4.69) is 5.32 Å². The van der Waals surface area contributed by atoms with Gasteiger partial charge in [0.25, 0.3) is 5.69 Å². The Kier molecular flexibility index (Phi) is 3.57. The molecule has 0 aliphatic heterocycles. The van der Waals surface area contributed by atoms with Crippen molar-refractivity contribution in [3.05, 3.63) is 39.9 Å². The van der Waals surface area contributed by atoms with Gasteiger partial charge in [0.15, 0.2) is 0 Å². The van der Waals surface area contributed by atoms with Crippen LogP contribution in [0.2, 0.25) is 0 Å². The van der Waals surface area contributed by atoms with E-state index in [4.69, 9.17) is 5.73 Å². The van der Waals surface area contributed by atoms with Gasteiger partial charge in [0.2, 0.25) is 5.91 Å². The summed E-state index contributed by atoms with van der Waals surface area (Å²) >= 11 is 0. The summed E-state index contributed by atoms with van der Waals surface area (Å²) in [5.41, 5.74) is 6.42. The number of hydrogen-bond acceptors (Lipinski definition) is 4. The molecule has 6 heteroatoms. The summed E-state index contributed by atoms with van der Waals surface area (Å²) in [6, 6.07) is 6.40. The maximum Gasteiger partial charge on any atom is 0.269 e. The Morgan fingerprint density at radius 3 is 2.50 bits per heavy atom. The largest absolute Gasteiger partial charge is 0.353 e. The third kappa shape index (κ3) is 3.04. The first-order valence-corrected chi connectivity index (χ1v) is 5.83. The van der Waals surface area contributed by atoms with Gasteiger partial charge in [0.05, 0.1) is 11.3 Å². The zero-order valence-corrected chi connectivity index (χ0v) is 9.83. The van der Waals surface area contributed by atoms with Crippen LogP contribution in [0.15, 0.2) is 24.3 Å². The van der Waals surface area contributed by atoms with Crippen molar-refractivity contribution in [2.24, 2.45) is 5.73 Å². The minimum atomic E-state index is -0.459. The fraction of sp³-hybridized carbons (Fsp3) is 0.417. The van der Waals surface area contributed by atoms with Crippen LogP contribution in [0.25, 0.3) is 0 Å². The lowest BCUT2D eigenvalue weighted by Crippen LogP contribution is -2.50. The highest BCUT2D eigenvalue weighted by molar-refractivity contribution is 5.79. The van der Waals surface area contributed by atoms with Crippen molar-refractivity contribution in [1.82, 2.24) is 5.32 Å². The van der Waals surface area contributed by atoms with E-state index >= 15 is 0 Å². The van der Waals surface area contributed by atoms with Crippen LogP contribution in [0, 0.1) is 10.1 Å². The lowest BCUT2D eigenvalue weighted by Gasteiger charge is -2.32. The maximum atomic E-state index is 11.7. The van der Waals surface area contributed by atoms with Crippen molar-refractivity contribution in [2.45, 2.75) is 31.3 Å². The molecule has 6 nitrogen and oxygen atoms in total. The normalized spacial score (nSPS) is 22.1. The van der Waals surface area contributed by atoms with Crippen LogP contribution in [0.5, 0.6) is 0 Å². The number of nitrogens with zero attached hydrogens (tertiary/aromatic N) is 1. The monoisotopic (exact) mass is 249 g/mol. The number of nitro groups is 1. The average molecular weight is 249 g/mol. The summed E-state index contributed by atoms with van der Waals surface area (Å²) in [7, 11) is 0. The molecule has 18 heavy (non-hydrogen) atoms. The van der Waals surface area contributed by atoms with Gasteiger partial charge in [-0.15, -0.1) is 0 Å². The molecule has 1 aliphatic rings. The molecule has 2 rings (SSSR count). The summed E-state index contributed by atoms with van der Waals surface area (Å²) in [5.74, 6) is -0.0687. The molecule has 1 amide bonds. The van der Waals surface area contributed by atoms with Gasteiger partial charge in [-0.25, -0.2) is 0 Å². The number of rotatable bonds is 4. The van der Waals surface area contributed by atoms with Gasteiger partial charge < -0.3 is 11.1 Å². The molecule has 0 radical (unpaired) electrons. The van der Waals surface area contributed by atoms with E-state index in [1.54, 1.807) is 12.1 Å². The quantitative estimate of drug-likeness (QED) is 0.607. The maximum absolute atomic E-state index is 11.7. The van der Waals surface area contributed by atoms with Crippen molar-refractivity contribution < 1.29 is 9.72 Å². The van der Waals surface area contributed by atoms with Crippen molar-refractivity contribution in [2.75, 3.05) is 0 Å². The van der Waals surface area contributed by atoms with E-state index in [9.17, 15) is 14.9 Å². The first-order valence-electron chi connectivity index (χ1n) is 5.83. The molecule has 0 unspecified atom stereocenters. The number of carbonyl (C=O) groups is 1. The minimum Gasteiger partial charge on any atom is -0.353 e. The average Bonchev–Trinajstić information content (AvgIpc) is 2.27. The van der Waals surface area contributed by atoms with Crippen molar-refractivity contribution in [3.8, 4) is 0 Å². The van der Waals surface area contributed by atoms with Gasteiger partial charge in [-0.2, -0.15) is 0 Å². The standard InChI is InChI=1S/C12H15N3O3/c13-9-6-10(7-9)14-12(16)5-8-1-3-11(4-2-8)15(17)18/h1-4,9-10H,5-7,13H2,(H,14,16). The number of nitro benzene ring substituents is 1. The molecule has 1 aromatic rings. The predicted octanol–water partition coefficient (Wildman–Crippen LogP) is 0.743. The Morgan fingerprint density at radius 2 is 2.00 bits per heavy atom. The summed E-state index contributed by atoms with van der Waals surface area (Å²) in [6.45, 7) is 0. The number of nitrogens with one attached hydrogen (secondary N) is 1. The molecule has 0 saturated heterocycles. The number of amides is 1. The van der Waals surface area contributed by atoms with Gasteiger partial charge in [-0.1, -0.05) is 12.1 Å². The van der Waals surface area contributed by atoms with Crippen molar-refractivity contribution in [1.29, 1.82) is 0 Å². The Bertz CT molecular complexity index is 452.